The molecule has 6 heteroatoms. The van der Waals surface area contributed by atoms with Gasteiger partial charge in [0, 0.05) is 42.5 Å². The normalized spacial score (nSPS) is 27.9. The minimum atomic E-state index is -1.08. The van der Waals surface area contributed by atoms with Crippen LogP contribution in [0.25, 0.3) is 10.9 Å². The Balaban J connectivity index is 2.03. The fourth-order valence-corrected chi connectivity index (χ4v) is 4.95. The van der Waals surface area contributed by atoms with E-state index in [1.165, 1.54) is 19.6 Å². The van der Waals surface area contributed by atoms with Gasteiger partial charge in [0.1, 0.15) is 12.0 Å². The predicted molar refractivity (Wildman–Crippen MR) is 106 cm³/mol. The van der Waals surface area contributed by atoms with Gasteiger partial charge >= 0.3 is 11.9 Å². The first-order valence-corrected chi connectivity index (χ1v) is 9.70. The number of piperidine rings is 1. The standard InChI is InChI=1S/C22H26N2O4/c1-4-15-11-24-10-9-18(15)22(21(26)27-3,13-28-14(2)25)20-17(12-24)16-7-5-6-8-19(16)23-20/h4-8,18,23H,9-13H2,1-3H3/b15-4+/t18-,22+/m0/s1. The molecule has 0 amide bonds. The number of H-pyrrole nitrogens is 1. The molecular weight excluding hydrogens is 356 g/mol. The molecule has 148 valence electrons. The number of carbonyl (C=O) groups is 2. The summed E-state index contributed by atoms with van der Waals surface area (Å²) < 4.78 is 10.8. The van der Waals surface area contributed by atoms with Gasteiger partial charge in [0.25, 0.3) is 0 Å². The fourth-order valence-electron chi connectivity index (χ4n) is 4.95. The lowest BCUT2D eigenvalue weighted by Crippen LogP contribution is -2.55. The lowest BCUT2D eigenvalue weighted by atomic mass is 9.65. The second-order valence-corrected chi connectivity index (χ2v) is 7.68. The number of aromatic amines is 1. The van der Waals surface area contributed by atoms with Crippen molar-refractivity contribution in [1.82, 2.24) is 9.88 Å². The van der Waals surface area contributed by atoms with E-state index in [4.69, 9.17) is 9.47 Å². The van der Waals surface area contributed by atoms with E-state index in [2.05, 4.69) is 22.0 Å². The minimum absolute atomic E-state index is 0.0309. The van der Waals surface area contributed by atoms with Crippen LogP contribution in [-0.2, 0) is 31.0 Å². The van der Waals surface area contributed by atoms with Crippen LogP contribution in [0.1, 0.15) is 31.5 Å². The van der Waals surface area contributed by atoms with Crippen LogP contribution in [0.4, 0.5) is 0 Å². The van der Waals surface area contributed by atoms with Crippen LogP contribution in [0.5, 0.6) is 0 Å². The van der Waals surface area contributed by atoms with Crippen molar-refractivity contribution >= 4 is 22.8 Å². The van der Waals surface area contributed by atoms with Crippen LogP contribution < -0.4 is 0 Å². The summed E-state index contributed by atoms with van der Waals surface area (Å²) in [5.74, 6) is -0.851. The highest BCUT2D eigenvalue weighted by molar-refractivity contribution is 5.91. The summed E-state index contributed by atoms with van der Waals surface area (Å²) in [7, 11) is 1.41. The van der Waals surface area contributed by atoms with Crippen LogP contribution in [0.2, 0.25) is 0 Å². The molecule has 1 aromatic carbocycles. The van der Waals surface area contributed by atoms with Gasteiger partial charge in [0.05, 0.1) is 7.11 Å². The van der Waals surface area contributed by atoms with E-state index in [9.17, 15) is 9.59 Å². The number of fused-ring (bicyclic) bond motifs is 3. The molecular formula is C22H26N2O4. The number of nitrogens with zero attached hydrogens (tertiary/aromatic N) is 1. The first-order valence-electron chi connectivity index (χ1n) is 9.70. The molecule has 4 heterocycles. The van der Waals surface area contributed by atoms with Crippen molar-refractivity contribution in [3.63, 3.8) is 0 Å². The third-order valence-electron chi connectivity index (χ3n) is 6.25. The van der Waals surface area contributed by atoms with Gasteiger partial charge in [-0.25, -0.2) is 0 Å². The molecule has 0 aliphatic carbocycles. The zero-order chi connectivity index (χ0) is 19.9. The van der Waals surface area contributed by atoms with Gasteiger partial charge in [-0.05, 0) is 31.5 Å². The summed E-state index contributed by atoms with van der Waals surface area (Å²) in [6.45, 7) is 5.78. The highest BCUT2D eigenvalue weighted by Gasteiger charge is 2.55. The minimum Gasteiger partial charge on any atom is -0.468 e. The molecule has 0 saturated carbocycles. The Morgan fingerprint density at radius 1 is 1.32 bits per heavy atom. The first-order chi connectivity index (χ1) is 13.5. The molecule has 2 aromatic rings. The summed E-state index contributed by atoms with van der Waals surface area (Å²) >= 11 is 0. The van der Waals surface area contributed by atoms with Crippen molar-refractivity contribution < 1.29 is 19.1 Å². The zero-order valence-corrected chi connectivity index (χ0v) is 16.6. The molecule has 1 N–H and O–H groups in total. The van der Waals surface area contributed by atoms with Gasteiger partial charge in [-0.2, -0.15) is 0 Å². The topological polar surface area (TPSA) is 71.6 Å². The van der Waals surface area contributed by atoms with Crippen LogP contribution >= 0.6 is 0 Å². The van der Waals surface area contributed by atoms with Crippen molar-refractivity contribution in [2.75, 3.05) is 26.8 Å². The Hall–Kier alpha value is -2.60. The molecule has 5 rings (SSSR count). The molecule has 3 atom stereocenters. The van der Waals surface area contributed by atoms with Crippen molar-refractivity contribution in [3.8, 4) is 0 Å². The van der Waals surface area contributed by atoms with E-state index >= 15 is 0 Å². The van der Waals surface area contributed by atoms with Crippen molar-refractivity contribution in [2.45, 2.75) is 32.2 Å². The van der Waals surface area contributed by atoms with E-state index in [-0.39, 0.29) is 18.5 Å². The number of carbonyl (C=O) groups excluding carboxylic acids is 2. The summed E-state index contributed by atoms with van der Waals surface area (Å²) in [6, 6.07) is 8.07. The molecule has 1 unspecified atom stereocenters. The number of methoxy groups -OCH3 is 1. The summed E-state index contributed by atoms with van der Waals surface area (Å²) in [5, 5.41) is 1.10. The average Bonchev–Trinajstić information content (AvgIpc) is 3.05. The fraction of sp³-hybridized carbons (Fsp3) is 0.455. The maximum atomic E-state index is 13.4. The number of ether oxygens (including phenoxy) is 2. The Bertz CT molecular complexity index is 961. The Morgan fingerprint density at radius 2 is 2.11 bits per heavy atom. The SMILES string of the molecule is C/C=C1\CN2CC[C@@H]1[C@@](COC(C)=O)(C(=O)OC)c1[nH]c3ccccc3c1C2. The molecule has 0 spiro atoms. The number of hydrogen-bond acceptors (Lipinski definition) is 5. The quantitative estimate of drug-likeness (QED) is 0.653. The van der Waals surface area contributed by atoms with Gasteiger partial charge in [0.15, 0.2) is 0 Å². The molecule has 28 heavy (non-hydrogen) atoms. The van der Waals surface area contributed by atoms with Crippen LogP contribution in [0.15, 0.2) is 35.9 Å². The van der Waals surface area contributed by atoms with Crippen molar-refractivity contribution in [3.05, 3.63) is 47.2 Å². The lowest BCUT2D eigenvalue weighted by Gasteiger charge is -2.46. The lowest BCUT2D eigenvalue weighted by molar-refractivity contribution is -0.158. The Labute approximate surface area is 164 Å². The Morgan fingerprint density at radius 3 is 2.82 bits per heavy atom. The third kappa shape index (κ3) is 2.75. The van der Waals surface area contributed by atoms with Gasteiger partial charge in [-0.1, -0.05) is 29.8 Å². The van der Waals surface area contributed by atoms with Crippen molar-refractivity contribution in [2.24, 2.45) is 5.92 Å². The first kappa shape index (κ1) is 18.7. The number of allylic oxidation sites excluding steroid dienone is 1. The number of benzene rings is 1. The molecule has 0 radical (unpaired) electrons. The number of hydrogen-bond donors (Lipinski definition) is 1. The smallest absolute Gasteiger partial charge is 0.321 e. The molecule has 1 aromatic heterocycles. The summed E-state index contributed by atoms with van der Waals surface area (Å²) in [4.78, 5) is 31.0. The van der Waals surface area contributed by atoms with Gasteiger partial charge in [0.2, 0.25) is 0 Å². The summed E-state index contributed by atoms with van der Waals surface area (Å²) in [5.41, 5.74) is 2.99. The number of esters is 2. The maximum absolute atomic E-state index is 13.4. The van der Waals surface area contributed by atoms with E-state index in [1.807, 2.05) is 25.1 Å². The summed E-state index contributed by atoms with van der Waals surface area (Å²) in [6.07, 6.45) is 2.90. The second kappa shape index (κ2) is 7.09. The largest absolute Gasteiger partial charge is 0.468 e. The molecule has 2 bridgehead atoms. The Kier molecular flexibility index (Phi) is 4.75. The highest BCUT2D eigenvalue weighted by atomic mass is 16.5. The molecule has 6 nitrogen and oxygen atoms in total. The number of rotatable bonds is 3. The van der Waals surface area contributed by atoms with Crippen LogP contribution in [0, 0.1) is 5.92 Å². The zero-order valence-electron chi connectivity index (χ0n) is 16.6. The van der Waals surface area contributed by atoms with E-state index in [0.717, 1.165) is 48.2 Å². The monoisotopic (exact) mass is 382 g/mol. The number of nitrogens with one attached hydrogen (secondary N) is 1. The van der Waals surface area contributed by atoms with Gasteiger partial charge in [-0.15, -0.1) is 0 Å². The predicted octanol–water partition coefficient (Wildman–Crippen LogP) is 2.92. The van der Waals surface area contributed by atoms with Crippen molar-refractivity contribution in [1.29, 1.82) is 0 Å². The van der Waals surface area contributed by atoms with Crippen LogP contribution in [-0.4, -0.2) is 48.6 Å². The van der Waals surface area contributed by atoms with Gasteiger partial charge < -0.3 is 14.5 Å². The number of para-hydroxylation sites is 1. The molecule has 1 fully saturated rings. The molecule has 1 saturated heterocycles. The van der Waals surface area contributed by atoms with Crippen LogP contribution in [0.3, 0.4) is 0 Å². The van der Waals surface area contributed by atoms with E-state index < -0.39 is 11.4 Å². The van der Waals surface area contributed by atoms with E-state index in [1.54, 1.807) is 0 Å². The van der Waals surface area contributed by atoms with E-state index in [0.29, 0.717) is 0 Å². The highest BCUT2D eigenvalue weighted by Crippen LogP contribution is 2.47. The van der Waals surface area contributed by atoms with Gasteiger partial charge in [-0.3, -0.25) is 14.5 Å². The third-order valence-corrected chi connectivity index (χ3v) is 6.25. The number of aromatic nitrogens is 1. The molecule has 3 aliphatic rings. The average molecular weight is 382 g/mol. The second-order valence-electron chi connectivity index (χ2n) is 7.68. The molecule has 3 aliphatic heterocycles. The maximum Gasteiger partial charge on any atom is 0.321 e.